The normalized spacial score (nSPS) is 19.2. The molecule has 0 spiro atoms. The maximum Gasteiger partial charge on any atom is 0.259 e. The van der Waals surface area contributed by atoms with Gasteiger partial charge in [-0.3, -0.25) is 9.69 Å². The molecule has 5 heterocycles. The minimum atomic E-state index is -0.312. The molecule has 2 aliphatic rings. The highest BCUT2D eigenvalue weighted by Gasteiger charge is 2.36. The van der Waals surface area contributed by atoms with E-state index in [1.54, 1.807) is 25.5 Å². The Labute approximate surface area is 202 Å². The fourth-order valence-corrected chi connectivity index (χ4v) is 4.54. The molecule has 0 saturated carbocycles. The summed E-state index contributed by atoms with van der Waals surface area (Å²) in [5.41, 5.74) is 6.17. The highest BCUT2D eigenvalue weighted by atomic mass is 16.5. The van der Waals surface area contributed by atoms with Gasteiger partial charge in [-0.25, -0.2) is 0 Å². The zero-order chi connectivity index (χ0) is 24.2. The Bertz CT molecular complexity index is 1130. The van der Waals surface area contributed by atoms with E-state index in [4.69, 9.17) is 19.6 Å². The van der Waals surface area contributed by atoms with E-state index < -0.39 is 0 Å². The zero-order valence-corrected chi connectivity index (χ0v) is 19.9. The van der Waals surface area contributed by atoms with E-state index in [2.05, 4.69) is 25.0 Å². The van der Waals surface area contributed by atoms with Crippen LogP contribution >= 0.6 is 0 Å². The molecule has 1 amide bonds. The first kappa shape index (κ1) is 23.5. The highest BCUT2D eigenvalue weighted by Crippen LogP contribution is 2.26. The fraction of sp³-hybridized carbons (Fsp3) is 0.591. The van der Waals surface area contributed by atoms with Crippen molar-refractivity contribution in [3.63, 3.8) is 0 Å². The van der Waals surface area contributed by atoms with Gasteiger partial charge in [0.05, 0.1) is 26.1 Å². The van der Waals surface area contributed by atoms with Crippen molar-refractivity contribution in [2.24, 2.45) is 0 Å². The van der Waals surface area contributed by atoms with Gasteiger partial charge in [-0.05, 0) is 25.0 Å². The van der Waals surface area contributed by atoms with E-state index in [9.17, 15) is 4.79 Å². The summed E-state index contributed by atoms with van der Waals surface area (Å²) in [4.78, 5) is 33.1. The van der Waals surface area contributed by atoms with E-state index >= 15 is 0 Å². The zero-order valence-electron chi connectivity index (χ0n) is 19.9. The number of carbonyl (C=O) groups is 1. The third-order valence-electron chi connectivity index (χ3n) is 6.43. The lowest BCUT2D eigenvalue weighted by atomic mass is 10.1. The van der Waals surface area contributed by atoms with Crippen LogP contribution in [0.2, 0.25) is 0 Å². The predicted molar refractivity (Wildman–Crippen MR) is 127 cm³/mol. The highest BCUT2D eigenvalue weighted by molar-refractivity contribution is 5.85. The molecule has 2 aliphatic heterocycles. The van der Waals surface area contributed by atoms with Crippen molar-refractivity contribution in [2.75, 3.05) is 76.8 Å². The quantitative estimate of drug-likeness (QED) is 0.414. The van der Waals surface area contributed by atoms with Gasteiger partial charge < -0.3 is 29.4 Å². The molecule has 2 fully saturated rings. The van der Waals surface area contributed by atoms with Crippen molar-refractivity contribution < 1.29 is 18.7 Å². The van der Waals surface area contributed by atoms with Crippen LogP contribution in [0.15, 0.2) is 22.8 Å². The summed E-state index contributed by atoms with van der Waals surface area (Å²) < 4.78 is 17.3. The van der Waals surface area contributed by atoms with Gasteiger partial charge in [0.15, 0.2) is 5.76 Å². The standard InChI is InChI=1S/C22H31N9O4/c1-33-14-15-34-13-11-28-7-9-29(10-8-28)19(32)16-4-2-6-30(16)21-25-20(23)31-22(26-21)24-18(27-31)17-5-3-12-35-17/h3,5,12,16H,2,4,6-11,13-15H2,1H3,(H2,23,24,25,26,27)/t16-/m0/s1. The molecular formula is C22H31N9O4. The van der Waals surface area contributed by atoms with Crippen LogP contribution < -0.4 is 10.6 Å². The number of methoxy groups -OCH3 is 1. The summed E-state index contributed by atoms with van der Waals surface area (Å²) in [6.07, 6.45) is 3.19. The van der Waals surface area contributed by atoms with Crippen molar-refractivity contribution in [2.45, 2.75) is 18.9 Å². The molecule has 0 aliphatic carbocycles. The number of amides is 1. The van der Waals surface area contributed by atoms with Gasteiger partial charge >= 0.3 is 0 Å². The first-order valence-electron chi connectivity index (χ1n) is 11.9. The first-order chi connectivity index (χ1) is 17.1. The molecule has 5 rings (SSSR count). The molecule has 3 aromatic rings. The third-order valence-corrected chi connectivity index (χ3v) is 6.43. The van der Waals surface area contributed by atoms with Crippen LogP contribution in [0, 0.1) is 0 Å². The summed E-state index contributed by atoms with van der Waals surface area (Å²) in [7, 11) is 1.66. The van der Waals surface area contributed by atoms with Crippen LogP contribution in [0.1, 0.15) is 12.8 Å². The Morgan fingerprint density at radius 2 is 2.00 bits per heavy atom. The second kappa shape index (κ2) is 10.5. The maximum atomic E-state index is 13.4. The number of fused-ring (bicyclic) bond motifs is 1. The number of anilines is 2. The molecular weight excluding hydrogens is 454 g/mol. The molecule has 0 unspecified atom stereocenters. The average molecular weight is 486 g/mol. The maximum absolute atomic E-state index is 13.4. The molecule has 13 nitrogen and oxygen atoms in total. The van der Waals surface area contributed by atoms with Gasteiger partial charge in [0.2, 0.25) is 23.6 Å². The van der Waals surface area contributed by atoms with Crippen molar-refractivity contribution in [1.82, 2.24) is 34.4 Å². The molecule has 188 valence electrons. The van der Waals surface area contributed by atoms with E-state index in [1.165, 1.54) is 4.52 Å². The number of nitrogens with two attached hydrogens (primary N) is 1. The number of rotatable bonds is 9. The summed E-state index contributed by atoms with van der Waals surface area (Å²) in [6.45, 7) is 6.46. The van der Waals surface area contributed by atoms with Crippen LogP contribution in [0.25, 0.3) is 17.4 Å². The van der Waals surface area contributed by atoms with E-state index in [0.29, 0.717) is 62.8 Å². The molecule has 0 aromatic carbocycles. The Hall–Kier alpha value is -3.29. The number of hydrogen-bond acceptors (Lipinski definition) is 11. The SMILES string of the molecule is COCCOCCN1CCN(C(=O)[C@@H]2CCCN2c2nc(N)n3nc(-c4ccco4)nc3n2)CC1. The Morgan fingerprint density at radius 1 is 1.14 bits per heavy atom. The van der Waals surface area contributed by atoms with Crippen LogP contribution in [-0.2, 0) is 14.3 Å². The van der Waals surface area contributed by atoms with Crippen LogP contribution in [0.4, 0.5) is 11.9 Å². The van der Waals surface area contributed by atoms with Crippen molar-refractivity contribution in [3.05, 3.63) is 18.4 Å². The van der Waals surface area contributed by atoms with Crippen LogP contribution in [-0.4, -0.2) is 113 Å². The largest absolute Gasteiger partial charge is 0.461 e. The topological polar surface area (TPSA) is 140 Å². The van der Waals surface area contributed by atoms with E-state index in [0.717, 1.165) is 32.5 Å². The monoisotopic (exact) mass is 485 g/mol. The third kappa shape index (κ3) is 5.06. The number of furan rings is 1. The number of hydrogen-bond donors (Lipinski definition) is 1. The Morgan fingerprint density at radius 3 is 2.77 bits per heavy atom. The number of ether oxygens (including phenoxy) is 2. The minimum absolute atomic E-state index is 0.110. The summed E-state index contributed by atoms with van der Waals surface area (Å²) in [6, 6.07) is 3.22. The molecule has 1 atom stereocenters. The molecule has 0 radical (unpaired) electrons. The summed E-state index contributed by atoms with van der Waals surface area (Å²) in [5, 5.41) is 4.34. The smallest absolute Gasteiger partial charge is 0.259 e. The number of nitrogen functional groups attached to an aromatic ring is 1. The lowest BCUT2D eigenvalue weighted by Crippen LogP contribution is -2.54. The summed E-state index contributed by atoms with van der Waals surface area (Å²) in [5.74, 6) is 1.89. The predicted octanol–water partition coefficient (Wildman–Crippen LogP) is 0.138. The van der Waals surface area contributed by atoms with Crippen molar-refractivity contribution in [1.29, 1.82) is 0 Å². The van der Waals surface area contributed by atoms with Gasteiger partial charge in [-0.15, -0.1) is 5.10 Å². The van der Waals surface area contributed by atoms with Gasteiger partial charge in [0.1, 0.15) is 6.04 Å². The Balaban J connectivity index is 1.23. The fourth-order valence-electron chi connectivity index (χ4n) is 4.54. The van der Waals surface area contributed by atoms with Crippen LogP contribution in [0.3, 0.4) is 0 Å². The van der Waals surface area contributed by atoms with Crippen molar-refractivity contribution in [3.8, 4) is 11.6 Å². The molecule has 35 heavy (non-hydrogen) atoms. The Kier molecular flexibility index (Phi) is 7.06. The lowest BCUT2D eigenvalue weighted by Gasteiger charge is -2.37. The number of piperazine rings is 1. The second-order valence-electron chi connectivity index (χ2n) is 8.63. The second-order valence-corrected chi connectivity index (χ2v) is 8.63. The van der Waals surface area contributed by atoms with Gasteiger partial charge in [-0.1, -0.05) is 0 Å². The van der Waals surface area contributed by atoms with Crippen LogP contribution in [0.5, 0.6) is 0 Å². The van der Waals surface area contributed by atoms with E-state index in [1.807, 2.05) is 9.80 Å². The van der Waals surface area contributed by atoms with Crippen molar-refractivity contribution >= 4 is 23.6 Å². The first-order valence-corrected chi connectivity index (χ1v) is 11.9. The lowest BCUT2D eigenvalue weighted by molar-refractivity contribution is -0.134. The van der Waals surface area contributed by atoms with Gasteiger partial charge in [0.25, 0.3) is 5.78 Å². The van der Waals surface area contributed by atoms with E-state index in [-0.39, 0.29) is 17.9 Å². The number of aromatic nitrogens is 5. The number of carbonyl (C=O) groups excluding carboxylic acids is 1. The van der Waals surface area contributed by atoms with Gasteiger partial charge in [0, 0.05) is 46.4 Å². The molecule has 13 heteroatoms. The molecule has 2 saturated heterocycles. The summed E-state index contributed by atoms with van der Waals surface area (Å²) >= 11 is 0. The average Bonchev–Trinajstić information content (AvgIpc) is 3.64. The number of nitrogens with zero attached hydrogens (tertiary/aromatic N) is 8. The van der Waals surface area contributed by atoms with Gasteiger partial charge in [-0.2, -0.15) is 19.5 Å². The molecule has 0 bridgehead atoms. The molecule has 2 N–H and O–H groups in total. The molecule has 3 aromatic heterocycles. The minimum Gasteiger partial charge on any atom is -0.461 e.